The molecule has 0 amide bonds. The topological polar surface area (TPSA) is 38.5 Å². The van der Waals surface area contributed by atoms with Gasteiger partial charge in [-0.15, -0.1) is 0 Å². The Kier molecular flexibility index (Phi) is 6.81. The van der Waals surface area contributed by atoms with Crippen molar-refractivity contribution in [2.75, 3.05) is 32.0 Å². The van der Waals surface area contributed by atoms with Crippen molar-refractivity contribution >= 4 is 5.69 Å². The van der Waals surface area contributed by atoms with Crippen LogP contribution in [0.2, 0.25) is 0 Å². The van der Waals surface area contributed by atoms with Gasteiger partial charge in [-0.3, -0.25) is 4.90 Å². The average Bonchev–Trinajstić information content (AvgIpc) is 2.33. The molecule has 0 saturated carbocycles. The number of rotatable bonds is 8. The number of alkyl halides is 3. The fraction of sp³-hybridized carbons (Fsp3) is 0.571. The average molecular weight is 290 g/mol. The second-order valence-corrected chi connectivity index (χ2v) is 4.69. The predicted molar refractivity (Wildman–Crippen MR) is 73.3 cm³/mol. The van der Waals surface area contributed by atoms with E-state index in [1.807, 2.05) is 25.1 Å². The highest BCUT2D eigenvalue weighted by molar-refractivity contribution is 5.40. The first-order valence-corrected chi connectivity index (χ1v) is 6.62. The van der Waals surface area contributed by atoms with E-state index in [4.69, 9.17) is 5.73 Å². The molecule has 0 aromatic heterocycles. The van der Waals surface area contributed by atoms with Crippen molar-refractivity contribution in [3.05, 3.63) is 29.8 Å². The highest BCUT2D eigenvalue weighted by Crippen LogP contribution is 2.14. The SMILES string of the molecule is CCCN(CCOCC(F)(F)F)Cc1cccc(N)c1. The number of nitrogens with two attached hydrogens (primary N) is 1. The molecule has 3 nitrogen and oxygen atoms in total. The number of nitrogen functional groups attached to an aromatic ring is 1. The highest BCUT2D eigenvalue weighted by atomic mass is 19.4. The van der Waals surface area contributed by atoms with Gasteiger partial charge in [0.05, 0.1) is 6.61 Å². The van der Waals surface area contributed by atoms with Crippen molar-refractivity contribution in [3.63, 3.8) is 0 Å². The Morgan fingerprint density at radius 2 is 2.00 bits per heavy atom. The summed E-state index contributed by atoms with van der Waals surface area (Å²) in [4.78, 5) is 2.06. The molecular weight excluding hydrogens is 269 g/mol. The summed E-state index contributed by atoms with van der Waals surface area (Å²) < 4.78 is 40.5. The van der Waals surface area contributed by atoms with E-state index in [1.165, 1.54) is 0 Å². The molecule has 114 valence electrons. The molecule has 2 N–H and O–H groups in total. The van der Waals surface area contributed by atoms with Crippen molar-refractivity contribution in [3.8, 4) is 0 Å². The lowest BCUT2D eigenvalue weighted by atomic mass is 10.2. The van der Waals surface area contributed by atoms with E-state index in [1.54, 1.807) is 6.07 Å². The van der Waals surface area contributed by atoms with Crippen LogP contribution in [0.5, 0.6) is 0 Å². The van der Waals surface area contributed by atoms with Gasteiger partial charge in [0.15, 0.2) is 0 Å². The van der Waals surface area contributed by atoms with E-state index in [2.05, 4.69) is 9.64 Å². The summed E-state index contributed by atoms with van der Waals surface area (Å²) in [5, 5.41) is 0. The molecule has 0 saturated heterocycles. The summed E-state index contributed by atoms with van der Waals surface area (Å²) in [5.41, 5.74) is 7.45. The predicted octanol–water partition coefficient (Wildman–Crippen LogP) is 3.06. The highest BCUT2D eigenvalue weighted by Gasteiger charge is 2.27. The summed E-state index contributed by atoms with van der Waals surface area (Å²) in [6.45, 7) is 2.85. The quantitative estimate of drug-likeness (QED) is 0.591. The van der Waals surface area contributed by atoms with E-state index < -0.39 is 12.8 Å². The molecule has 20 heavy (non-hydrogen) atoms. The van der Waals surface area contributed by atoms with Gasteiger partial charge in [-0.1, -0.05) is 19.1 Å². The van der Waals surface area contributed by atoms with Crippen molar-refractivity contribution in [2.24, 2.45) is 0 Å². The van der Waals surface area contributed by atoms with Gasteiger partial charge in [0, 0.05) is 18.8 Å². The van der Waals surface area contributed by atoms with Gasteiger partial charge in [-0.05, 0) is 30.7 Å². The fourth-order valence-electron chi connectivity index (χ4n) is 1.92. The first kappa shape index (κ1) is 16.8. The molecule has 0 radical (unpaired) electrons. The molecular formula is C14H21F3N2O. The van der Waals surface area contributed by atoms with E-state index >= 15 is 0 Å². The number of anilines is 1. The molecule has 0 bridgehead atoms. The lowest BCUT2D eigenvalue weighted by molar-refractivity contribution is -0.174. The van der Waals surface area contributed by atoms with Crippen molar-refractivity contribution in [1.29, 1.82) is 0 Å². The molecule has 0 aliphatic carbocycles. The van der Waals surface area contributed by atoms with Gasteiger partial charge < -0.3 is 10.5 Å². The van der Waals surface area contributed by atoms with E-state index in [-0.39, 0.29) is 6.61 Å². The Balaban J connectivity index is 2.40. The molecule has 0 fully saturated rings. The monoisotopic (exact) mass is 290 g/mol. The zero-order chi connectivity index (χ0) is 15.0. The van der Waals surface area contributed by atoms with Crippen LogP contribution in [0.3, 0.4) is 0 Å². The molecule has 1 aromatic carbocycles. The number of halogens is 3. The first-order valence-electron chi connectivity index (χ1n) is 6.62. The Morgan fingerprint density at radius 1 is 1.25 bits per heavy atom. The van der Waals surface area contributed by atoms with Gasteiger partial charge in [0.1, 0.15) is 6.61 Å². The molecule has 0 aliphatic rings. The molecule has 0 aliphatic heterocycles. The third kappa shape index (κ3) is 7.35. The lowest BCUT2D eigenvalue weighted by Gasteiger charge is -2.22. The second kappa shape index (κ2) is 8.11. The molecule has 0 unspecified atom stereocenters. The minimum Gasteiger partial charge on any atom is -0.399 e. The van der Waals surface area contributed by atoms with Crippen molar-refractivity contribution in [2.45, 2.75) is 26.1 Å². The minimum absolute atomic E-state index is 0.0713. The van der Waals surface area contributed by atoms with E-state index in [0.717, 1.165) is 18.5 Å². The second-order valence-electron chi connectivity index (χ2n) is 4.69. The number of ether oxygens (including phenoxy) is 1. The maximum absolute atomic E-state index is 12.0. The van der Waals surface area contributed by atoms with Crippen LogP contribution in [0.15, 0.2) is 24.3 Å². The third-order valence-corrected chi connectivity index (χ3v) is 2.71. The van der Waals surface area contributed by atoms with Crippen LogP contribution >= 0.6 is 0 Å². The molecule has 1 aromatic rings. The van der Waals surface area contributed by atoms with Crippen LogP contribution in [-0.2, 0) is 11.3 Å². The van der Waals surface area contributed by atoms with E-state index in [0.29, 0.717) is 18.8 Å². The van der Waals surface area contributed by atoms with Crippen LogP contribution < -0.4 is 5.73 Å². The van der Waals surface area contributed by atoms with Crippen LogP contribution in [0.25, 0.3) is 0 Å². The van der Waals surface area contributed by atoms with Crippen LogP contribution in [0, 0.1) is 0 Å². The number of benzene rings is 1. The van der Waals surface area contributed by atoms with Crippen LogP contribution in [0.4, 0.5) is 18.9 Å². The van der Waals surface area contributed by atoms with Crippen molar-refractivity contribution in [1.82, 2.24) is 4.90 Å². The number of nitrogens with zero attached hydrogens (tertiary/aromatic N) is 1. The fourth-order valence-corrected chi connectivity index (χ4v) is 1.92. The van der Waals surface area contributed by atoms with Gasteiger partial charge in [-0.2, -0.15) is 13.2 Å². The molecule has 0 atom stereocenters. The Morgan fingerprint density at radius 3 is 2.60 bits per heavy atom. The largest absolute Gasteiger partial charge is 0.411 e. The smallest absolute Gasteiger partial charge is 0.399 e. The number of hydrogen-bond acceptors (Lipinski definition) is 3. The zero-order valence-corrected chi connectivity index (χ0v) is 11.6. The van der Waals surface area contributed by atoms with Crippen molar-refractivity contribution < 1.29 is 17.9 Å². The van der Waals surface area contributed by atoms with Crippen LogP contribution in [0.1, 0.15) is 18.9 Å². The minimum atomic E-state index is -4.26. The maximum atomic E-state index is 12.0. The summed E-state index contributed by atoms with van der Waals surface area (Å²) in [6.07, 6.45) is -3.33. The molecule has 6 heteroatoms. The van der Waals surface area contributed by atoms with Gasteiger partial charge >= 0.3 is 6.18 Å². The van der Waals surface area contributed by atoms with Gasteiger partial charge in [0.2, 0.25) is 0 Å². The first-order chi connectivity index (χ1) is 9.40. The standard InChI is InChI=1S/C14H21F3N2O/c1-2-6-19(7-8-20-11-14(15,16)17)10-12-4-3-5-13(18)9-12/h3-5,9H,2,6-8,10-11,18H2,1H3. The summed E-state index contributed by atoms with van der Waals surface area (Å²) in [7, 11) is 0. The molecule has 1 rings (SSSR count). The van der Waals surface area contributed by atoms with Gasteiger partial charge in [-0.25, -0.2) is 0 Å². The summed E-state index contributed by atoms with van der Waals surface area (Å²) in [6, 6.07) is 7.50. The summed E-state index contributed by atoms with van der Waals surface area (Å²) >= 11 is 0. The number of hydrogen-bond donors (Lipinski definition) is 1. The summed E-state index contributed by atoms with van der Waals surface area (Å²) in [5.74, 6) is 0. The normalized spacial score (nSPS) is 12.1. The van der Waals surface area contributed by atoms with E-state index in [9.17, 15) is 13.2 Å². The zero-order valence-electron chi connectivity index (χ0n) is 11.6. The lowest BCUT2D eigenvalue weighted by Crippen LogP contribution is -2.29. The Bertz CT molecular complexity index is 396. The molecule has 0 heterocycles. The van der Waals surface area contributed by atoms with Gasteiger partial charge in [0.25, 0.3) is 0 Å². The third-order valence-electron chi connectivity index (χ3n) is 2.71. The Hall–Kier alpha value is -1.27. The maximum Gasteiger partial charge on any atom is 0.411 e. The van der Waals surface area contributed by atoms with Crippen LogP contribution in [-0.4, -0.2) is 37.4 Å². The molecule has 0 spiro atoms. The Labute approximate surface area is 117 Å².